The van der Waals surface area contributed by atoms with Crippen molar-refractivity contribution in [2.45, 2.75) is 12.5 Å². The van der Waals surface area contributed by atoms with E-state index < -0.39 is 19.2 Å². The molecule has 0 aromatic heterocycles. The third-order valence-corrected chi connectivity index (χ3v) is 6.49. The van der Waals surface area contributed by atoms with Gasteiger partial charge in [-0.25, -0.2) is 4.39 Å². The largest absolute Gasteiger partial charge is 0.435 e. The van der Waals surface area contributed by atoms with Crippen LogP contribution in [0.4, 0.5) is 30.2 Å². The standard InChI is InChI=1S/C29H29F3N4O3/c30-15-16-36-17-23(24(18-36)28(38)34-21-10-12-22(13-11-21)39-29(31)32)20-8-5-19(6-9-20)7-14-27(37)35-26-4-2-1-3-25(26)33/h1-14,23-24,29H,15-18,33H2,(H,34,38)(H,35,37)/b14-7+. The number of nitrogens with two attached hydrogens (primary N) is 1. The molecule has 0 radical (unpaired) electrons. The summed E-state index contributed by atoms with van der Waals surface area (Å²) < 4.78 is 42.2. The number of hydrogen-bond acceptors (Lipinski definition) is 5. The Hall–Kier alpha value is -4.31. The van der Waals surface area contributed by atoms with Gasteiger partial charge < -0.3 is 21.1 Å². The maximum atomic E-state index is 13.2. The molecule has 2 unspecified atom stereocenters. The van der Waals surface area contributed by atoms with E-state index in [1.54, 1.807) is 30.3 Å². The van der Waals surface area contributed by atoms with Crippen molar-refractivity contribution in [1.29, 1.82) is 0 Å². The van der Waals surface area contributed by atoms with Crippen LogP contribution in [0.1, 0.15) is 17.0 Å². The van der Waals surface area contributed by atoms with Crippen molar-refractivity contribution in [3.8, 4) is 5.75 Å². The van der Waals surface area contributed by atoms with Gasteiger partial charge in [0.2, 0.25) is 11.8 Å². The van der Waals surface area contributed by atoms with Crippen LogP contribution in [0.25, 0.3) is 6.08 Å². The number of nitrogens with one attached hydrogen (secondary N) is 2. The molecule has 1 fully saturated rings. The molecule has 0 saturated carbocycles. The second kappa shape index (κ2) is 13.0. The summed E-state index contributed by atoms with van der Waals surface area (Å²) >= 11 is 0. The number of likely N-dealkylation sites (tertiary alicyclic amines) is 1. The van der Waals surface area contributed by atoms with Gasteiger partial charge in [0, 0.05) is 37.3 Å². The number of rotatable bonds is 10. The Morgan fingerprint density at radius 2 is 1.72 bits per heavy atom. The summed E-state index contributed by atoms with van der Waals surface area (Å²) in [6, 6.07) is 20.2. The van der Waals surface area contributed by atoms with Crippen molar-refractivity contribution >= 4 is 35.0 Å². The first-order chi connectivity index (χ1) is 18.8. The Morgan fingerprint density at radius 3 is 2.38 bits per heavy atom. The first kappa shape index (κ1) is 27.7. The van der Waals surface area contributed by atoms with Crippen molar-refractivity contribution in [3.05, 3.63) is 90.0 Å². The smallest absolute Gasteiger partial charge is 0.387 e. The molecule has 0 bridgehead atoms. The number of nitrogens with zero attached hydrogens (tertiary/aromatic N) is 1. The van der Waals surface area contributed by atoms with Gasteiger partial charge in [-0.3, -0.25) is 14.5 Å². The van der Waals surface area contributed by atoms with Crippen LogP contribution < -0.4 is 21.1 Å². The van der Waals surface area contributed by atoms with E-state index in [9.17, 15) is 22.8 Å². The minimum atomic E-state index is -2.93. The fourth-order valence-corrected chi connectivity index (χ4v) is 4.56. The summed E-state index contributed by atoms with van der Waals surface area (Å²) in [4.78, 5) is 27.4. The van der Waals surface area contributed by atoms with Crippen LogP contribution in [-0.2, 0) is 9.59 Å². The molecular weight excluding hydrogens is 509 g/mol. The second-order valence-corrected chi connectivity index (χ2v) is 9.13. The predicted molar refractivity (Wildman–Crippen MR) is 145 cm³/mol. The lowest BCUT2D eigenvalue weighted by Gasteiger charge is -2.19. The van der Waals surface area contributed by atoms with E-state index in [1.165, 1.54) is 30.3 Å². The van der Waals surface area contributed by atoms with Crippen LogP contribution in [0.3, 0.4) is 0 Å². The number of benzene rings is 3. The van der Waals surface area contributed by atoms with Crippen LogP contribution in [-0.4, -0.2) is 49.6 Å². The van der Waals surface area contributed by atoms with Gasteiger partial charge in [0.05, 0.1) is 17.3 Å². The van der Waals surface area contributed by atoms with Crippen LogP contribution in [0.5, 0.6) is 5.75 Å². The number of halogens is 3. The van der Waals surface area contributed by atoms with Crippen LogP contribution in [0.2, 0.25) is 0 Å². The number of anilines is 3. The molecule has 0 spiro atoms. The minimum Gasteiger partial charge on any atom is -0.435 e. The Balaban J connectivity index is 1.42. The van der Waals surface area contributed by atoms with Gasteiger partial charge in [0.15, 0.2) is 0 Å². The fourth-order valence-electron chi connectivity index (χ4n) is 4.56. The summed E-state index contributed by atoms with van der Waals surface area (Å²) in [5.74, 6) is -1.20. The number of ether oxygens (including phenoxy) is 1. The lowest BCUT2D eigenvalue weighted by atomic mass is 9.88. The number of para-hydroxylation sites is 2. The first-order valence-electron chi connectivity index (χ1n) is 12.4. The van der Waals surface area contributed by atoms with Crippen molar-refractivity contribution in [1.82, 2.24) is 4.90 Å². The highest BCUT2D eigenvalue weighted by molar-refractivity contribution is 6.03. The molecule has 3 aromatic carbocycles. The zero-order valence-electron chi connectivity index (χ0n) is 21.0. The molecule has 10 heteroatoms. The molecule has 204 valence electrons. The molecule has 1 aliphatic heterocycles. The van der Waals surface area contributed by atoms with Crippen LogP contribution in [0, 0.1) is 5.92 Å². The van der Waals surface area contributed by atoms with E-state index in [2.05, 4.69) is 15.4 Å². The van der Waals surface area contributed by atoms with Gasteiger partial charge in [-0.05, 0) is 53.6 Å². The zero-order chi connectivity index (χ0) is 27.8. The summed E-state index contributed by atoms with van der Waals surface area (Å²) in [5.41, 5.74) is 9.01. The summed E-state index contributed by atoms with van der Waals surface area (Å²) in [6.45, 7) is -2.33. The molecule has 1 heterocycles. The maximum absolute atomic E-state index is 13.2. The van der Waals surface area contributed by atoms with Gasteiger partial charge in [0.25, 0.3) is 0 Å². The van der Waals surface area contributed by atoms with Crippen molar-refractivity contribution in [2.75, 3.05) is 42.7 Å². The number of hydrogen-bond donors (Lipinski definition) is 3. The van der Waals surface area contributed by atoms with Crippen molar-refractivity contribution < 1.29 is 27.5 Å². The van der Waals surface area contributed by atoms with Gasteiger partial charge in [-0.1, -0.05) is 36.4 Å². The summed E-state index contributed by atoms with van der Waals surface area (Å²) in [5, 5.41) is 5.56. The van der Waals surface area contributed by atoms with E-state index in [-0.39, 0.29) is 30.0 Å². The molecule has 7 nitrogen and oxygen atoms in total. The highest BCUT2D eigenvalue weighted by Gasteiger charge is 2.38. The molecule has 4 rings (SSSR count). The molecule has 2 atom stereocenters. The highest BCUT2D eigenvalue weighted by atomic mass is 19.3. The number of nitrogen functional groups attached to an aromatic ring is 1. The predicted octanol–water partition coefficient (Wildman–Crippen LogP) is 5.15. The average Bonchev–Trinajstić information content (AvgIpc) is 3.34. The summed E-state index contributed by atoms with van der Waals surface area (Å²) in [7, 11) is 0. The maximum Gasteiger partial charge on any atom is 0.387 e. The lowest BCUT2D eigenvalue weighted by Crippen LogP contribution is -2.29. The van der Waals surface area contributed by atoms with Crippen molar-refractivity contribution in [3.63, 3.8) is 0 Å². The molecule has 3 aromatic rings. The Labute approximate surface area is 224 Å². The molecule has 4 N–H and O–H groups in total. The number of alkyl halides is 3. The number of carbonyl (C=O) groups is 2. The third-order valence-electron chi connectivity index (χ3n) is 6.49. The third kappa shape index (κ3) is 7.61. The molecule has 2 amide bonds. The Bertz CT molecular complexity index is 1300. The number of carbonyl (C=O) groups excluding carboxylic acids is 2. The van der Waals surface area contributed by atoms with Gasteiger partial charge in [0.1, 0.15) is 12.4 Å². The fraction of sp³-hybridized carbons (Fsp3) is 0.241. The quantitative estimate of drug-likeness (QED) is 0.245. The SMILES string of the molecule is Nc1ccccc1NC(=O)/C=C/c1ccc(C2CN(CCF)CC2C(=O)Nc2ccc(OC(F)F)cc2)cc1. The second-order valence-electron chi connectivity index (χ2n) is 9.13. The van der Waals surface area contributed by atoms with E-state index in [1.807, 2.05) is 29.2 Å². The van der Waals surface area contributed by atoms with E-state index in [0.717, 1.165) is 11.1 Å². The van der Waals surface area contributed by atoms with Crippen LogP contribution in [0.15, 0.2) is 78.9 Å². The molecule has 0 aliphatic carbocycles. The van der Waals surface area contributed by atoms with Crippen molar-refractivity contribution in [2.24, 2.45) is 5.92 Å². The molecular formula is C29H29F3N4O3. The summed E-state index contributed by atoms with van der Waals surface area (Å²) in [6.07, 6.45) is 3.09. The number of amides is 2. The van der Waals surface area contributed by atoms with E-state index in [0.29, 0.717) is 30.2 Å². The molecule has 1 saturated heterocycles. The molecule has 1 aliphatic rings. The van der Waals surface area contributed by atoms with Gasteiger partial charge >= 0.3 is 6.61 Å². The topological polar surface area (TPSA) is 96.7 Å². The average molecular weight is 539 g/mol. The van der Waals surface area contributed by atoms with Crippen LogP contribution >= 0.6 is 0 Å². The lowest BCUT2D eigenvalue weighted by molar-refractivity contribution is -0.120. The first-order valence-corrected chi connectivity index (χ1v) is 12.4. The van der Waals surface area contributed by atoms with Gasteiger partial charge in [-0.2, -0.15) is 8.78 Å². The Morgan fingerprint density at radius 1 is 1.00 bits per heavy atom. The molecule has 39 heavy (non-hydrogen) atoms. The minimum absolute atomic E-state index is 0.00770. The zero-order valence-corrected chi connectivity index (χ0v) is 21.0. The monoisotopic (exact) mass is 538 g/mol. The van der Waals surface area contributed by atoms with E-state index in [4.69, 9.17) is 5.73 Å². The normalized spacial score (nSPS) is 17.4. The van der Waals surface area contributed by atoms with E-state index >= 15 is 0 Å². The van der Waals surface area contributed by atoms with Gasteiger partial charge in [-0.15, -0.1) is 0 Å². The highest BCUT2D eigenvalue weighted by Crippen LogP contribution is 2.34. The Kier molecular flexibility index (Phi) is 9.22.